The van der Waals surface area contributed by atoms with E-state index in [2.05, 4.69) is 17.4 Å². The summed E-state index contributed by atoms with van der Waals surface area (Å²) >= 11 is 0. The molecule has 1 aromatic rings. The van der Waals surface area contributed by atoms with Crippen LogP contribution in [0, 0.1) is 0 Å². The first-order valence-corrected chi connectivity index (χ1v) is 8.65. The van der Waals surface area contributed by atoms with Gasteiger partial charge in [-0.05, 0) is 26.2 Å². The quantitative estimate of drug-likeness (QED) is 0.855. The Balaban J connectivity index is 1.91. The molecule has 1 aliphatic carbocycles. The molecule has 0 spiro atoms. The molecule has 7 nitrogen and oxygen atoms in total. The maximum atomic E-state index is 12.2. The van der Waals surface area contributed by atoms with Crippen LogP contribution in [0.25, 0.3) is 0 Å². The lowest BCUT2D eigenvalue weighted by atomic mass is 9.70. The summed E-state index contributed by atoms with van der Waals surface area (Å²) in [5.74, 6) is 0.770. The fraction of sp³-hybridized carbons (Fsp3) is 0.706. The van der Waals surface area contributed by atoms with E-state index in [9.17, 15) is 9.59 Å². The number of rotatable bonds is 4. The Morgan fingerprint density at radius 3 is 2.75 bits per heavy atom. The van der Waals surface area contributed by atoms with Crippen LogP contribution in [0.5, 0.6) is 0 Å². The van der Waals surface area contributed by atoms with E-state index >= 15 is 0 Å². The van der Waals surface area contributed by atoms with Gasteiger partial charge in [-0.15, -0.1) is 0 Å². The first-order chi connectivity index (χ1) is 11.4. The van der Waals surface area contributed by atoms with Gasteiger partial charge < -0.3 is 14.6 Å². The van der Waals surface area contributed by atoms with Gasteiger partial charge in [0.05, 0.1) is 6.54 Å². The summed E-state index contributed by atoms with van der Waals surface area (Å²) in [5, 5.41) is 6.82. The molecule has 2 fully saturated rings. The number of hydrogen-bond donors (Lipinski definition) is 1. The number of hydrogen-bond acceptors (Lipinski definition) is 5. The number of aromatic nitrogens is 1. The fourth-order valence-electron chi connectivity index (χ4n) is 3.97. The molecule has 1 aliphatic heterocycles. The molecule has 132 valence electrons. The van der Waals surface area contributed by atoms with Gasteiger partial charge >= 0.3 is 12.0 Å². The normalized spacial score (nSPS) is 26.3. The standard InChI is InChI=1S/C17H25N3O4/c1-4-17(8-6-5-7-9-17)13-10-14(19-24-13)20-15(22)18-11-16(20,3)23-12(2)21/h10H,4-9,11H2,1-3H3,(H,18,22). The number of carbonyl (C=O) groups is 2. The van der Waals surface area contributed by atoms with Crippen LogP contribution in [-0.2, 0) is 14.9 Å². The minimum atomic E-state index is -1.09. The van der Waals surface area contributed by atoms with Gasteiger partial charge in [-0.2, -0.15) is 0 Å². The van der Waals surface area contributed by atoms with Crippen LogP contribution in [0.15, 0.2) is 10.6 Å². The summed E-state index contributed by atoms with van der Waals surface area (Å²) in [6.45, 7) is 5.40. The second-order valence-electron chi connectivity index (χ2n) is 7.01. The van der Waals surface area contributed by atoms with Gasteiger partial charge in [-0.3, -0.25) is 4.79 Å². The fourth-order valence-corrected chi connectivity index (χ4v) is 3.97. The van der Waals surface area contributed by atoms with Gasteiger partial charge in [0.1, 0.15) is 5.76 Å². The topological polar surface area (TPSA) is 84.7 Å². The zero-order chi connectivity index (χ0) is 17.4. The Morgan fingerprint density at radius 2 is 2.12 bits per heavy atom. The Labute approximate surface area is 141 Å². The zero-order valence-corrected chi connectivity index (χ0v) is 14.6. The number of nitrogens with one attached hydrogen (secondary N) is 1. The van der Waals surface area contributed by atoms with Crippen molar-refractivity contribution in [3.63, 3.8) is 0 Å². The van der Waals surface area contributed by atoms with Crippen molar-refractivity contribution in [3.05, 3.63) is 11.8 Å². The lowest BCUT2D eigenvalue weighted by molar-refractivity contribution is -0.152. The molecule has 0 aromatic carbocycles. The minimum absolute atomic E-state index is 0.00245. The van der Waals surface area contributed by atoms with Crippen molar-refractivity contribution in [2.45, 2.75) is 70.4 Å². The minimum Gasteiger partial charge on any atom is -0.437 e. The zero-order valence-electron chi connectivity index (χ0n) is 14.6. The molecular weight excluding hydrogens is 310 g/mol. The molecule has 1 aromatic heterocycles. The summed E-state index contributed by atoms with van der Waals surface area (Å²) in [6.07, 6.45) is 6.74. The molecule has 2 aliphatic rings. The van der Waals surface area contributed by atoms with Crippen LogP contribution in [-0.4, -0.2) is 29.4 Å². The summed E-state index contributed by atoms with van der Waals surface area (Å²) in [4.78, 5) is 25.0. The van der Waals surface area contributed by atoms with Crippen molar-refractivity contribution in [2.24, 2.45) is 0 Å². The highest BCUT2D eigenvalue weighted by Gasteiger charge is 2.48. The monoisotopic (exact) mass is 335 g/mol. The smallest absolute Gasteiger partial charge is 0.326 e. The summed E-state index contributed by atoms with van der Waals surface area (Å²) in [5.41, 5.74) is -1.10. The average molecular weight is 335 g/mol. The van der Waals surface area contributed by atoms with E-state index in [1.54, 1.807) is 6.92 Å². The lowest BCUT2D eigenvalue weighted by Gasteiger charge is -2.34. The van der Waals surface area contributed by atoms with Gasteiger partial charge in [0.2, 0.25) is 5.72 Å². The van der Waals surface area contributed by atoms with E-state index < -0.39 is 11.7 Å². The maximum Gasteiger partial charge on any atom is 0.326 e. The summed E-state index contributed by atoms with van der Waals surface area (Å²) < 4.78 is 11.0. The first kappa shape index (κ1) is 16.8. The number of amides is 2. The van der Waals surface area contributed by atoms with E-state index in [-0.39, 0.29) is 18.0 Å². The maximum absolute atomic E-state index is 12.2. The molecule has 1 saturated carbocycles. The van der Waals surface area contributed by atoms with Crippen molar-refractivity contribution in [2.75, 3.05) is 11.4 Å². The van der Waals surface area contributed by atoms with Crippen LogP contribution < -0.4 is 10.2 Å². The predicted molar refractivity (Wildman–Crippen MR) is 87.6 cm³/mol. The number of carbonyl (C=O) groups excluding carboxylic acids is 2. The van der Waals surface area contributed by atoms with E-state index in [4.69, 9.17) is 9.26 Å². The van der Waals surface area contributed by atoms with E-state index in [0.717, 1.165) is 25.0 Å². The second kappa shape index (κ2) is 6.11. The highest BCUT2D eigenvalue weighted by Crippen LogP contribution is 2.43. The highest BCUT2D eigenvalue weighted by molar-refractivity contribution is 5.95. The van der Waals surface area contributed by atoms with E-state index in [1.165, 1.54) is 31.1 Å². The molecule has 2 amide bonds. The third kappa shape index (κ3) is 2.76. The van der Waals surface area contributed by atoms with Crippen molar-refractivity contribution in [1.82, 2.24) is 10.5 Å². The van der Waals surface area contributed by atoms with Crippen molar-refractivity contribution in [3.8, 4) is 0 Å². The molecule has 2 heterocycles. The van der Waals surface area contributed by atoms with Crippen LogP contribution in [0.4, 0.5) is 10.6 Å². The summed E-state index contributed by atoms with van der Waals surface area (Å²) in [6, 6.07) is 1.49. The molecule has 1 N–H and O–H groups in total. The predicted octanol–water partition coefficient (Wildman–Crippen LogP) is 3.10. The van der Waals surface area contributed by atoms with Gasteiger partial charge in [0.15, 0.2) is 5.82 Å². The second-order valence-corrected chi connectivity index (χ2v) is 7.01. The molecular formula is C17H25N3O4. The Bertz CT molecular complexity index is 636. The highest BCUT2D eigenvalue weighted by atomic mass is 16.6. The largest absolute Gasteiger partial charge is 0.437 e. The average Bonchev–Trinajstić information content (AvgIpc) is 3.12. The third-order valence-corrected chi connectivity index (χ3v) is 5.34. The van der Waals surface area contributed by atoms with E-state index in [0.29, 0.717) is 5.82 Å². The van der Waals surface area contributed by atoms with Crippen LogP contribution in [0.3, 0.4) is 0 Å². The number of anilines is 1. The first-order valence-electron chi connectivity index (χ1n) is 8.65. The van der Waals surface area contributed by atoms with Crippen molar-refractivity contribution < 1.29 is 18.8 Å². The molecule has 24 heavy (non-hydrogen) atoms. The molecule has 1 saturated heterocycles. The molecule has 7 heteroatoms. The van der Waals surface area contributed by atoms with Gasteiger partial charge in [0.25, 0.3) is 0 Å². The van der Waals surface area contributed by atoms with Gasteiger partial charge in [-0.1, -0.05) is 31.3 Å². The Morgan fingerprint density at radius 1 is 1.42 bits per heavy atom. The van der Waals surface area contributed by atoms with Crippen molar-refractivity contribution in [1.29, 1.82) is 0 Å². The van der Waals surface area contributed by atoms with Crippen LogP contribution in [0.2, 0.25) is 0 Å². The number of ether oxygens (including phenoxy) is 1. The Kier molecular flexibility index (Phi) is 4.27. The van der Waals surface area contributed by atoms with Gasteiger partial charge in [-0.25, -0.2) is 9.69 Å². The number of esters is 1. The molecule has 1 atom stereocenters. The number of nitrogens with zero attached hydrogens (tertiary/aromatic N) is 2. The Hall–Kier alpha value is -2.05. The van der Waals surface area contributed by atoms with Gasteiger partial charge in [0, 0.05) is 18.4 Å². The number of urea groups is 1. The molecule has 0 radical (unpaired) electrons. The van der Waals surface area contributed by atoms with E-state index in [1.807, 2.05) is 6.07 Å². The van der Waals surface area contributed by atoms with Crippen LogP contribution >= 0.6 is 0 Å². The summed E-state index contributed by atoms with van der Waals surface area (Å²) in [7, 11) is 0. The molecule has 3 rings (SSSR count). The van der Waals surface area contributed by atoms with Crippen molar-refractivity contribution >= 4 is 17.8 Å². The molecule has 0 bridgehead atoms. The third-order valence-electron chi connectivity index (χ3n) is 5.34. The SMILES string of the molecule is CCC1(c2cc(N3C(=O)NCC3(C)OC(C)=O)no2)CCCCC1. The molecule has 1 unspecified atom stereocenters. The van der Waals surface area contributed by atoms with Crippen LogP contribution in [0.1, 0.15) is 65.1 Å². The lowest BCUT2D eigenvalue weighted by Crippen LogP contribution is -2.48.